The van der Waals surface area contributed by atoms with E-state index in [2.05, 4.69) is 17.3 Å². The van der Waals surface area contributed by atoms with Crippen LogP contribution in [0.1, 0.15) is 35.7 Å². The van der Waals surface area contributed by atoms with Gasteiger partial charge in [-0.2, -0.15) is 0 Å². The fourth-order valence-electron chi connectivity index (χ4n) is 1.14. The predicted octanol–water partition coefficient (Wildman–Crippen LogP) is 1.76. The molecule has 4 heteroatoms. The predicted molar refractivity (Wildman–Crippen MR) is 51.8 cm³/mol. The van der Waals surface area contributed by atoms with Crippen LogP contribution in [0.2, 0.25) is 0 Å². The third-order valence-corrected chi connectivity index (χ3v) is 2.79. The molecule has 1 aromatic heterocycles. The van der Waals surface area contributed by atoms with E-state index in [4.69, 9.17) is 5.84 Å². The molecule has 1 atom stereocenters. The lowest BCUT2D eigenvalue weighted by molar-refractivity contribution is 0.517. The Bertz CT molecular complexity index is 234. The second-order valence-corrected chi connectivity index (χ2v) is 4.06. The molecule has 0 saturated carbocycles. The van der Waals surface area contributed by atoms with E-state index >= 15 is 0 Å². The van der Waals surface area contributed by atoms with Gasteiger partial charge in [0.1, 0.15) is 0 Å². The van der Waals surface area contributed by atoms with Crippen LogP contribution in [0.25, 0.3) is 0 Å². The first-order chi connectivity index (χ1) is 5.77. The van der Waals surface area contributed by atoms with Crippen molar-refractivity contribution < 1.29 is 0 Å². The Morgan fingerprint density at radius 2 is 2.50 bits per heavy atom. The van der Waals surface area contributed by atoms with Crippen molar-refractivity contribution >= 4 is 11.3 Å². The lowest BCUT2D eigenvalue weighted by atomic mass is 10.1. The lowest BCUT2D eigenvalue weighted by Crippen LogP contribution is -2.27. The molecule has 0 aromatic carbocycles. The van der Waals surface area contributed by atoms with Crippen molar-refractivity contribution in [3.63, 3.8) is 0 Å². The normalized spacial score (nSPS) is 13.2. The smallest absolute Gasteiger partial charge is 0.0897 e. The van der Waals surface area contributed by atoms with Crippen LogP contribution in [0.15, 0.2) is 6.20 Å². The summed E-state index contributed by atoms with van der Waals surface area (Å²) in [5.41, 5.74) is 2.80. The highest BCUT2D eigenvalue weighted by Gasteiger charge is 2.10. The Morgan fingerprint density at radius 1 is 1.75 bits per heavy atom. The second-order valence-electron chi connectivity index (χ2n) is 2.79. The average molecular weight is 185 g/mol. The van der Waals surface area contributed by atoms with Gasteiger partial charge in [0.05, 0.1) is 11.0 Å². The summed E-state index contributed by atoms with van der Waals surface area (Å²) in [7, 11) is 0. The Kier molecular flexibility index (Phi) is 3.65. The minimum Gasteiger partial charge on any atom is -0.271 e. The van der Waals surface area contributed by atoms with Crippen LogP contribution < -0.4 is 11.3 Å². The van der Waals surface area contributed by atoms with E-state index in [0.717, 1.165) is 17.8 Å². The van der Waals surface area contributed by atoms with Gasteiger partial charge in [-0.15, -0.1) is 11.3 Å². The van der Waals surface area contributed by atoms with Crippen LogP contribution in [-0.4, -0.2) is 4.98 Å². The number of thiazole rings is 1. The average Bonchev–Trinajstić information content (AvgIpc) is 2.47. The van der Waals surface area contributed by atoms with Crippen molar-refractivity contribution in [1.82, 2.24) is 10.4 Å². The number of nitrogens with one attached hydrogen (secondary N) is 1. The number of hydrogen-bond acceptors (Lipinski definition) is 4. The molecule has 1 rings (SSSR count). The van der Waals surface area contributed by atoms with Gasteiger partial charge >= 0.3 is 0 Å². The molecule has 68 valence electrons. The van der Waals surface area contributed by atoms with Crippen molar-refractivity contribution in [1.29, 1.82) is 0 Å². The third kappa shape index (κ3) is 2.27. The van der Waals surface area contributed by atoms with Gasteiger partial charge in [-0.1, -0.05) is 13.3 Å². The standard InChI is InChI=1S/C8H15N3S/c1-3-4-7(11-9)8-5-10-6(2)12-8/h5,7,11H,3-4,9H2,1-2H3. The molecule has 3 nitrogen and oxygen atoms in total. The van der Waals surface area contributed by atoms with Gasteiger partial charge < -0.3 is 0 Å². The zero-order chi connectivity index (χ0) is 8.97. The maximum absolute atomic E-state index is 5.43. The fourth-order valence-corrected chi connectivity index (χ4v) is 2.02. The Labute approximate surface area is 77.0 Å². The maximum atomic E-state index is 5.43. The van der Waals surface area contributed by atoms with Gasteiger partial charge in [0.15, 0.2) is 0 Å². The molecule has 3 N–H and O–H groups in total. The first-order valence-corrected chi connectivity index (χ1v) is 4.98. The van der Waals surface area contributed by atoms with Crippen molar-refractivity contribution in [3.8, 4) is 0 Å². The van der Waals surface area contributed by atoms with Gasteiger partial charge in [-0.05, 0) is 13.3 Å². The summed E-state index contributed by atoms with van der Waals surface area (Å²) in [4.78, 5) is 5.42. The van der Waals surface area contributed by atoms with Crippen LogP contribution >= 0.6 is 11.3 Å². The van der Waals surface area contributed by atoms with E-state index in [1.54, 1.807) is 11.3 Å². The number of hydrogen-bond donors (Lipinski definition) is 2. The van der Waals surface area contributed by atoms with E-state index < -0.39 is 0 Å². The molecule has 0 fully saturated rings. The molecule has 0 aliphatic carbocycles. The van der Waals surface area contributed by atoms with Crippen molar-refractivity contribution in [2.24, 2.45) is 5.84 Å². The maximum Gasteiger partial charge on any atom is 0.0897 e. The minimum absolute atomic E-state index is 0.279. The molecule has 0 amide bonds. The molecule has 1 aromatic rings. The van der Waals surface area contributed by atoms with E-state index in [1.807, 2.05) is 13.1 Å². The molecular formula is C8H15N3S. The number of hydrazine groups is 1. The van der Waals surface area contributed by atoms with Crippen molar-refractivity contribution in [2.75, 3.05) is 0 Å². The summed E-state index contributed by atoms with van der Waals surface area (Å²) < 4.78 is 0. The number of aromatic nitrogens is 1. The molecule has 1 heterocycles. The van der Waals surface area contributed by atoms with Gasteiger partial charge in [-0.3, -0.25) is 11.3 Å². The summed E-state index contributed by atoms with van der Waals surface area (Å²) in [6.07, 6.45) is 4.10. The SMILES string of the molecule is CCCC(NN)c1cnc(C)s1. The highest BCUT2D eigenvalue weighted by atomic mass is 32.1. The fraction of sp³-hybridized carbons (Fsp3) is 0.625. The van der Waals surface area contributed by atoms with Crippen LogP contribution in [-0.2, 0) is 0 Å². The minimum atomic E-state index is 0.279. The van der Waals surface area contributed by atoms with Gasteiger partial charge in [0.25, 0.3) is 0 Å². The molecule has 12 heavy (non-hydrogen) atoms. The summed E-state index contributed by atoms with van der Waals surface area (Å²) in [6, 6.07) is 0.279. The van der Waals surface area contributed by atoms with Crippen LogP contribution in [0, 0.1) is 6.92 Å². The highest BCUT2D eigenvalue weighted by molar-refractivity contribution is 7.11. The quantitative estimate of drug-likeness (QED) is 0.555. The van der Waals surface area contributed by atoms with Gasteiger partial charge in [-0.25, -0.2) is 4.98 Å². The van der Waals surface area contributed by atoms with E-state index in [9.17, 15) is 0 Å². The lowest BCUT2D eigenvalue weighted by Gasteiger charge is -2.11. The Hall–Kier alpha value is -0.450. The zero-order valence-corrected chi connectivity index (χ0v) is 8.32. The van der Waals surface area contributed by atoms with Crippen LogP contribution in [0.3, 0.4) is 0 Å². The summed E-state index contributed by atoms with van der Waals surface area (Å²) in [5, 5.41) is 1.10. The largest absolute Gasteiger partial charge is 0.271 e. The van der Waals surface area contributed by atoms with Gasteiger partial charge in [0, 0.05) is 11.1 Å². The molecular weight excluding hydrogens is 170 g/mol. The Balaban J connectivity index is 2.66. The summed E-state index contributed by atoms with van der Waals surface area (Å²) in [5.74, 6) is 5.43. The monoisotopic (exact) mass is 185 g/mol. The molecule has 0 spiro atoms. The molecule has 0 aliphatic rings. The Morgan fingerprint density at radius 3 is 2.92 bits per heavy atom. The zero-order valence-electron chi connectivity index (χ0n) is 7.50. The first kappa shape index (κ1) is 9.64. The second kappa shape index (κ2) is 4.54. The highest BCUT2D eigenvalue weighted by Crippen LogP contribution is 2.23. The van der Waals surface area contributed by atoms with Crippen molar-refractivity contribution in [2.45, 2.75) is 32.7 Å². The number of aryl methyl sites for hydroxylation is 1. The van der Waals surface area contributed by atoms with Crippen molar-refractivity contribution in [3.05, 3.63) is 16.1 Å². The molecule has 0 bridgehead atoms. The van der Waals surface area contributed by atoms with E-state index in [1.165, 1.54) is 4.88 Å². The summed E-state index contributed by atoms with van der Waals surface area (Å²) >= 11 is 1.71. The molecule has 1 unspecified atom stereocenters. The number of nitrogens with zero attached hydrogens (tertiary/aromatic N) is 1. The molecule has 0 radical (unpaired) electrons. The summed E-state index contributed by atoms with van der Waals surface area (Å²) in [6.45, 7) is 4.16. The van der Waals surface area contributed by atoms with Gasteiger partial charge in [0.2, 0.25) is 0 Å². The molecule has 0 aliphatic heterocycles. The van der Waals surface area contributed by atoms with E-state index in [-0.39, 0.29) is 6.04 Å². The third-order valence-electron chi connectivity index (χ3n) is 1.76. The topological polar surface area (TPSA) is 50.9 Å². The molecule has 0 saturated heterocycles. The van der Waals surface area contributed by atoms with E-state index in [0.29, 0.717) is 0 Å². The number of nitrogens with two attached hydrogens (primary N) is 1. The first-order valence-electron chi connectivity index (χ1n) is 4.16. The van der Waals surface area contributed by atoms with Crippen LogP contribution in [0.4, 0.5) is 0 Å². The van der Waals surface area contributed by atoms with Crippen LogP contribution in [0.5, 0.6) is 0 Å². The number of rotatable bonds is 4.